The topological polar surface area (TPSA) is 59.6 Å². The molecule has 5 nitrogen and oxygen atoms in total. The molecule has 0 atom stereocenters. The van der Waals surface area contributed by atoms with E-state index >= 15 is 0 Å². The molecule has 2 aliphatic rings. The second-order valence-corrected chi connectivity index (χ2v) is 4.37. The van der Waals surface area contributed by atoms with Gasteiger partial charge in [-0.25, -0.2) is 0 Å². The zero-order valence-electron chi connectivity index (χ0n) is 9.54. The molecule has 2 fully saturated rings. The molecule has 0 aliphatic carbocycles. The van der Waals surface area contributed by atoms with Gasteiger partial charge >= 0.3 is 0 Å². The quantitative estimate of drug-likeness (QED) is 0.676. The molecule has 16 heavy (non-hydrogen) atoms. The molecular formula is C11H20N2O3. The van der Waals surface area contributed by atoms with Gasteiger partial charge in [0.25, 0.3) is 0 Å². The molecule has 0 saturated carbocycles. The van der Waals surface area contributed by atoms with Crippen LogP contribution in [0.1, 0.15) is 19.3 Å². The Morgan fingerprint density at radius 3 is 2.75 bits per heavy atom. The predicted molar refractivity (Wildman–Crippen MR) is 59.2 cm³/mol. The highest BCUT2D eigenvalue weighted by Crippen LogP contribution is 2.07. The highest BCUT2D eigenvalue weighted by Gasteiger charge is 2.20. The first-order valence-electron chi connectivity index (χ1n) is 6.04. The first-order chi connectivity index (χ1) is 7.84. The summed E-state index contributed by atoms with van der Waals surface area (Å²) < 4.78 is 10.6. The van der Waals surface area contributed by atoms with E-state index in [9.17, 15) is 4.79 Å². The van der Waals surface area contributed by atoms with E-state index in [1.807, 2.05) is 0 Å². The number of piperidine rings is 1. The summed E-state index contributed by atoms with van der Waals surface area (Å²) in [6.07, 6.45) is 2.90. The normalized spacial score (nSPS) is 22.8. The molecule has 2 heterocycles. The van der Waals surface area contributed by atoms with E-state index in [-0.39, 0.29) is 11.9 Å². The van der Waals surface area contributed by atoms with Gasteiger partial charge in [-0.1, -0.05) is 0 Å². The van der Waals surface area contributed by atoms with Crippen LogP contribution in [0, 0.1) is 0 Å². The minimum atomic E-state index is 0.0715. The van der Waals surface area contributed by atoms with Gasteiger partial charge in [0, 0.05) is 6.42 Å². The lowest BCUT2D eigenvalue weighted by Gasteiger charge is -2.27. The molecule has 92 valence electrons. The van der Waals surface area contributed by atoms with Crippen LogP contribution in [0.3, 0.4) is 0 Å². The Hall–Kier alpha value is -0.650. The summed E-state index contributed by atoms with van der Waals surface area (Å²) in [6.45, 7) is 3.89. The van der Waals surface area contributed by atoms with Crippen LogP contribution in [-0.2, 0) is 14.3 Å². The van der Waals surface area contributed by atoms with Crippen LogP contribution in [0.25, 0.3) is 0 Å². The zero-order chi connectivity index (χ0) is 11.2. The van der Waals surface area contributed by atoms with Crippen molar-refractivity contribution in [1.29, 1.82) is 0 Å². The maximum Gasteiger partial charge on any atom is 0.222 e. The lowest BCUT2D eigenvalue weighted by atomic mass is 10.1. The fourth-order valence-corrected chi connectivity index (χ4v) is 1.90. The van der Waals surface area contributed by atoms with E-state index in [1.54, 1.807) is 0 Å². The van der Waals surface area contributed by atoms with Gasteiger partial charge < -0.3 is 20.1 Å². The van der Waals surface area contributed by atoms with Crippen molar-refractivity contribution in [3.63, 3.8) is 0 Å². The lowest BCUT2D eigenvalue weighted by Crippen LogP contribution is -2.48. The van der Waals surface area contributed by atoms with Gasteiger partial charge in [0.15, 0.2) is 0 Å². The van der Waals surface area contributed by atoms with Gasteiger partial charge in [-0.2, -0.15) is 0 Å². The highest BCUT2D eigenvalue weighted by atomic mass is 16.5. The lowest BCUT2D eigenvalue weighted by molar-refractivity contribution is -0.126. The molecule has 0 unspecified atom stereocenters. The molecule has 0 aromatic rings. The fourth-order valence-electron chi connectivity index (χ4n) is 1.90. The van der Waals surface area contributed by atoms with Crippen LogP contribution in [0.5, 0.6) is 0 Å². The van der Waals surface area contributed by atoms with Crippen molar-refractivity contribution < 1.29 is 14.3 Å². The van der Waals surface area contributed by atoms with Gasteiger partial charge in [-0.05, 0) is 25.9 Å². The van der Waals surface area contributed by atoms with Crippen molar-refractivity contribution in [1.82, 2.24) is 10.6 Å². The molecule has 2 aliphatic heterocycles. The molecule has 2 N–H and O–H groups in total. The molecule has 1 amide bonds. The Morgan fingerprint density at radius 2 is 2.12 bits per heavy atom. The molecule has 0 aromatic heterocycles. The predicted octanol–water partition coefficient (Wildman–Crippen LogP) is -0.340. The second kappa shape index (κ2) is 6.18. The van der Waals surface area contributed by atoms with Crippen LogP contribution in [0.2, 0.25) is 0 Å². The first kappa shape index (κ1) is 11.8. The van der Waals surface area contributed by atoms with Crippen molar-refractivity contribution in [3.8, 4) is 0 Å². The number of carbonyl (C=O) groups is 1. The summed E-state index contributed by atoms with van der Waals surface area (Å²) in [4.78, 5) is 11.4. The number of nitrogens with one attached hydrogen (secondary N) is 2. The minimum absolute atomic E-state index is 0.0715. The van der Waals surface area contributed by atoms with E-state index < -0.39 is 0 Å². The Kier molecular flexibility index (Phi) is 4.56. The van der Waals surface area contributed by atoms with E-state index in [4.69, 9.17) is 9.47 Å². The summed E-state index contributed by atoms with van der Waals surface area (Å²) in [6, 6.07) is 0.228. The maximum absolute atomic E-state index is 11.4. The first-order valence-corrected chi connectivity index (χ1v) is 6.04. The van der Waals surface area contributed by atoms with Crippen molar-refractivity contribution >= 4 is 5.91 Å². The molecule has 5 heteroatoms. The molecule has 0 radical (unpaired) electrons. The number of hydrogen-bond acceptors (Lipinski definition) is 4. The van der Waals surface area contributed by atoms with Crippen LogP contribution >= 0.6 is 0 Å². The zero-order valence-corrected chi connectivity index (χ0v) is 9.54. The van der Waals surface area contributed by atoms with E-state index in [2.05, 4.69) is 10.6 Å². The molecule has 2 rings (SSSR count). The van der Waals surface area contributed by atoms with Gasteiger partial charge in [-0.15, -0.1) is 0 Å². The van der Waals surface area contributed by atoms with Crippen molar-refractivity contribution in [2.75, 3.05) is 32.9 Å². The number of ether oxygens (including phenoxy) is 2. The fraction of sp³-hybridized carbons (Fsp3) is 0.909. The van der Waals surface area contributed by atoms with Crippen molar-refractivity contribution in [2.45, 2.75) is 31.4 Å². The average molecular weight is 228 g/mol. The number of carbonyl (C=O) groups excluding carboxylic acids is 1. The van der Waals surface area contributed by atoms with Gasteiger partial charge in [0.1, 0.15) is 0 Å². The van der Waals surface area contributed by atoms with E-state index in [1.165, 1.54) is 0 Å². The molecule has 0 aromatic carbocycles. The van der Waals surface area contributed by atoms with E-state index in [0.717, 1.165) is 25.9 Å². The van der Waals surface area contributed by atoms with Crippen LogP contribution in [0.4, 0.5) is 0 Å². The number of hydrogen-bond donors (Lipinski definition) is 2. The van der Waals surface area contributed by atoms with E-state index in [0.29, 0.717) is 32.3 Å². The van der Waals surface area contributed by atoms with Crippen LogP contribution in [0.15, 0.2) is 0 Å². The third-order valence-corrected chi connectivity index (χ3v) is 2.97. The summed E-state index contributed by atoms with van der Waals surface area (Å²) in [5.41, 5.74) is 0. The van der Waals surface area contributed by atoms with Crippen LogP contribution in [-0.4, -0.2) is 51.0 Å². The second-order valence-electron chi connectivity index (χ2n) is 4.37. The molecule has 0 bridgehead atoms. The molecule has 0 spiro atoms. The van der Waals surface area contributed by atoms with Gasteiger partial charge in [0.05, 0.1) is 32.0 Å². The Balaban J connectivity index is 1.51. The average Bonchev–Trinajstić information content (AvgIpc) is 2.25. The largest absolute Gasteiger partial charge is 0.378 e. The summed E-state index contributed by atoms with van der Waals surface area (Å²) in [5.74, 6) is 0.0715. The Bertz CT molecular complexity index is 225. The third kappa shape index (κ3) is 3.73. The van der Waals surface area contributed by atoms with Gasteiger partial charge in [-0.3, -0.25) is 4.79 Å². The molecular weight excluding hydrogens is 208 g/mol. The summed E-state index contributed by atoms with van der Waals surface area (Å²) in [5, 5.41) is 6.18. The number of amides is 1. The summed E-state index contributed by atoms with van der Waals surface area (Å²) >= 11 is 0. The standard InChI is InChI=1S/C11H20N2O3/c14-11(13-9-7-15-8-9)3-6-16-10-1-4-12-5-2-10/h9-10,12H,1-8H2,(H,13,14). The Morgan fingerprint density at radius 1 is 1.38 bits per heavy atom. The Labute approximate surface area is 95.9 Å². The minimum Gasteiger partial charge on any atom is -0.378 e. The third-order valence-electron chi connectivity index (χ3n) is 2.97. The number of rotatable bonds is 5. The maximum atomic E-state index is 11.4. The highest BCUT2D eigenvalue weighted by molar-refractivity contribution is 5.76. The van der Waals surface area contributed by atoms with Crippen molar-refractivity contribution in [2.24, 2.45) is 0 Å². The SMILES string of the molecule is O=C(CCOC1CCNCC1)NC1COC1. The smallest absolute Gasteiger partial charge is 0.222 e. The molecule has 2 saturated heterocycles. The van der Waals surface area contributed by atoms with Crippen molar-refractivity contribution in [3.05, 3.63) is 0 Å². The monoisotopic (exact) mass is 228 g/mol. The van der Waals surface area contributed by atoms with Gasteiger partial charge in [0.2, 0.25) is 5.91 Å². The summed E-state index contributed by atoms with van der Waals surface area (Å²) in [7, 11) is 0. The van der Waals surface area contributed by atoms with Crippen LogP contribution < -0.4 is 10.6 Å².